The minimum absolute atomic E-state index is 0.000216. The molecule has 5 heterocycles. The van der Waals surface area contributed by atoms with E-state index < -0.39 is 23.5 Å². The van der Waals surface area contributed by atoms with Gasteiger partial charge in [0, 0.05) is 37.8 Å². The molecule has 2 aliphatic rings. The fourth-order valence-corrected chi connectivity index (χ4v) is 4.92. The van der Waals surface area contributed by atoms with Gasteiger partial charge in [-0.3, -0.25) is 9.89 Å². The van der Waals surface area contributed by atoms with Gasteiger partial charge in [0.2, 0.25) is 0 Å². The molecular weight excluding hydrogens is 538 g/mol. The molecule has 0 aromatic carbocycles. The first-order valence-electron chi connectivity index (χ1n) is 12.7. The number of aliphatic imine (C=N–C) groups is 1. The minimum Gasteiger partial charge on any atom is -0.373 e. The number of hydrogen-bond donors (Lipinski definition) is 1. The van der Waals surface area contributed by atoms with Crippen LogP contribution < -0.4 is 5.32 Å². The zero-order valence-corrected chi connectivity index (χ0v) is 21.6. The molecule has 0 amide bonds. The van der Waals surface area contributed by atoms with Crippen molar-refractivity contribution in [1.82, 2.24) is 19.9 Å². The second kappa shape index (κ2) is 10.8. The summed E-state index contributed by atoms with van der Waals surface area (Å²) in [6.45, 7) is 5.84. The van der Waals surface area contributed by atoms with Crippen LogP contribution in [0.4, 0.5) is 37.8 Å². The number of fused-ring (bicyclic) bond motifs is 1. The predicted octanol–water partition coefficient (Wildman–Crippen LogP) is 6.08. The molecule has 3 aromatic heterocycles. The summed E-state index contributed by atoms with van der Waals surface area (Å²) in [7, 11) is 0. The van der Waals surface area contributed by atoms with Gasteiger partial charge in [-0.25, -0.2) is 15.0 Å². The summed E-state index contributed by atoms with van der Waals surface area (Å²) in [5, 5.41) is 3.49. The molecule has 0 aliphatic carbocycles. The van der Waals surface area contributed by atoms with Crippen molar-refractivity contribution in [2.24, 2.45) is 4.99 Å². The van der Waals surface area contributed by atoms with Crippen LogP contribution in [0, 0.1) is 0 Å². The molecular formula is C27H26F6N6O. The summed E-state index contributed by atoms with van der Waals surface area (Å²) < 4.78 is 85.9. The van der Waals surface area contributed by atoms with Gasteiger partial charge in [0.05, 0.1) is 46.1 Å². The lowest BCUT2D eigenvalue weighted by atomic mass is 10.0. The van der Waals surface area contributed by atoms with E-state index in [9.17, 15) is 26.3 Å². The van der Waals surface area contributed by atoms with Gasteiger partial charge >= 0.3 is 12.4 Å². The Kier molecular flexibility index (Phi) is 7.53. The summed E-state index contributed by atoms with van der Waals surface area (Å²) in [5.41, 5.74) is -0.737. The third-order valence-electron chi connectivity index (χ3n) is 6.51. The quantitative estimate of drug-likeness (QED) is 0.379. The van der Waals surface area contributed by atoms with Gasteiger partial charge in [-0.1, -0.05) is 6.08 Å². The molecule has 1 saturated heterocycles. The number of halogens is 6. The van der Waals surface area contributed by atoms with E-state index in [1.165, 1.54) is 12.1 Å². The summed E-state index contributed by atoms with van der Waals surface area (Å²) in [6.07, 6.45) is -7.09. The number of dihydropyridines is 1. The van der Waals surface area contributed by atoms with Gasteiger partial charge in [0.15, 0.2) is 5.65 Å². The number of nitrogens with one attached hydrogen (secondary N) is 1. The van der Waals surface area contributed by atoms with E-state index in [1.54, 1.807) is 12.1 Å². The van der Waals surface area contributed by atoms with Gasteiger partial charge in [-0.2, -0.15) is 26.3 Å². The van der Waals surface area contributed by atoms with E-state index in [0.717, 1.165) is 18.3 Å². The number of hydrogen-bond acceptors (Lipinski definition) is 7. The first-order chi connectivity index (χ1) is 18.9. The van der Waals surface area contributed by atoms with Crippen molar-refractivity contribution in [2.45, 2.75) is 51.4 Å². The molecule has 0 radical (unpaired) electrons. The van der Waals surface area contributed by atoms with E-state index in [-0.39, 0.29) is 48.0 Å². The van der Waals surface area contributed by atoms with Crippen molar-refractivity contribution in [3.05, 3.63) is 65.1 Å². The fraction of sp³-hybridized carbons (Fsp3) is 0.407. The first kappa shape index (κ1) is 28.0. The second-order valence-corrected chi connectivity index (χ2v) is 9.87. The molecule has 2 unspecified atom stereocenters. The third-order valence-corrected chi connectivity index (χ3v) is 6.51. The maximum Gasteiger partial charge on any atom is 0.418 e. The Morgan fingerprint density at radius 3 is 2.38 bits per heavy atom. The van der Waals surface area contributed by atoms with Crippen molar-refractivity contribution in [2.75, 3.05) is 25.0 Å². The van der Waals surface area contributed by atoms with Crippen LogP contribution in [0.25, 0.3) is 11.0 Å². The highest BCUT2D eigenvalue weighted by Crippen LogP contribution is 2.33. The lowest BCUT2D eigenvalue weighted by molar-refractivity contribution is -0.137. The molecule has 2 atom stereocenters. The number of alkyl halides is 6. The summed E-state index contributed by atoms with van der Waals surface area (Å²) in [4.78, 5) is 19.3. The molecule has 212 valence electrons. The molecule has 3 aromatic rings. The highest BCUT2D eigenvalue weighted by Gasteiger charge is 2.38. The predicted molar refractivity (Wildman–Crippen MR) is 138 cm³/mol. The molecule has 5 rings (SSSR count). The number of pyridine rings is 3. The number of anilines is 2. The van der Waals surface area contributed by atoms with Crippen LogP contribution in [0.5, 0.6) is 0 Å². The summed E-state index contributed by atoms with van der Waals surface area (Å²) in [6, 6.07) is 6.87. The van der Waals surface area contributed by atoms with Crippen molar-refractivity contribution in [3.8, 4) is 0 Å². The smallest absolute Gasteiger partial charge is 0.373 e. The molecule has 1 N–H and O–H groups in total. The van der Waals surface area contributed by atoms with Crippen molar-refractivity contribution in [3.63, 3.8) is 0 Å². The fourth-order valence-electron chi connectivity index (χ4n) is 4.92. The van der Waals surface area contributed by atoms with Crippen molar-refractivity contribution >= 4 is 28.3 Å². The Hall–Kier alpha value is -3.58. The highest BCUT2D eigenvalue weighted by molar-refractivity contribution is 6.13. The van der Waals surface area contributed by atoms with E-state index >= 15 is 0 Å². The second-order valence-electron chi connectivity index (χ2n) is 9.87. The SMILES string of the molecule is CC1CN(Cc2cc(Nc3ccc(C(F)(F)F)cn3)c3ccc(C4=NCCC=C4C(F)(F)F)nc3n2)CC(C)O1. The molecule has 7 nitrogen and oxygen atoms in total. The number of aromatic nitrogens is 3. The summed E-state index contributed by atoms with van der Waals surface area (Å²) in [5.74, 6) is 0.156. The molecule has 0 saturated carbocycles. The average Bonchev–Trinajstić information content (AvgIpc) is 2.87. The van der Waals surface area contributed by atoms with Crippen LogP contribution in [-0.4, -0.2) is 63.6 Å². The Labute approximate surface area is 226 Å². The largest absolute Gasteiger partial charge is 0.418 e. The third kappa shape index (κ3) is 6.25. The van der Waals surface area contributed by atoms with Crippen molar-refractivity contribution < 1.29 is 31.1 Å². The summed E-state index contributed by atoms with van der Waals surface area (Å²) >= 11 is 0. The molecule has 2 aliphatic heterocycles. The average molecular weight is 565 g/mol. The molecule has 40 heavy (non-hydrogen) atoms. The van der Waals surface area contributed by atoms with Crippen LogP contribution in [0.2, 0.25) is 0 Å². The number of allylic oxidation sites excluding steroid dienone is 1. The number of nitrogens with zero attached hydrogens (tertiary/aromatic N) is 5. The van der Waals surface area contributed by atoms with E-state index in [4.69, 9.17) is 4.74 Å². The van der Waals surface area contributed by atoms with Crippen molar-refractivity contribution in [1.29, 1.82) is 0 Å². The number of morpholine rings is 1. The standard InChI is InChI=1S/C27H26F6N6O/c1-15-12-39(13-16(2)40-15)14-18-10-22(37-23-8-5-17(11-35-23)26(28,29)30)19-6-7-21(38-25(19)36-18)24-20(27(31,32)33)4-3-9-34-24/h4-8,10-11,15-16H,3,9,12-14H2,1-2H3,(H,35,36,37,38). The zero-order chi connectivity index (χ0) is 28.7. The monoisotopic (exact) mass is 564 g/mol. The molecule has 13 heteroatoms. The number of ether oxygens (including phenoxy) is 1. The van der Waals surface area contributed by atoms with E-state index in [1.807, 2.05) is 13.8 Å². The maximum absolute atomic E-state index is 13.7. The zero-order valence-electron chi connectivity index (χ0n) is 21.6. The van der Waals surface area contributed by atoms with Gasteiger partial charge < -0.3 is 10.1 Å². The minimum atomic E-state index is -4.59. The Morgan fingerprint density at radius 1 is 0.975 bits per heavy atom. The lowest BCUT2D eigenvalue weighted by Crippen LogP contribution is -2.44. The van der Waals surface area contributed by atoms with Gasteiger partial charge in [0.1, 0.15) is 5.82 Å². The first-order valence-corrected chi connectivity index (χ1v) is 12.7. The van der Waals surface area contributed by atoms with Crippen LogP contribution >= 0.6 is 0 Å². The van der Waals surface area contributed by atoms with Gasteiger partial charge in [-0.15, -0.1) is 0 Å². The Balaban J connectivity index is 1.54. The Morgan fingerprint density at radius 2 is 1.73 bits per heavy atom. The lowest BCUT2D eigenvalue weighted by Gasteiger charge is -2.35. The van der Waals surface area contributed by atoms with Crippen LogP contribution in [0.3, 0.4) is 0 Å². The van der Waals surface area contributed by atoms with Gasteiger partial charge in [0.25, 0.3) is 0 Å². The number of rotatable bonds is 5. The Bertz CT molecular complexity index is 1440. The van der Waals surface area contributed by atoms with Crippen LogP contribution in [0.15, 0.2) is 53.2 Å². The molecule has 1 fully saturated rings. The van der Waals surface area contributed by atoms with E-state index in [0.29, 0.717) is 36.4 Å². The van der Waals surface area contributed by atoms with E-state index in [2.05, 4.69) is 30.2 Å². The van der Waals surface area contributed by atoms with Crippen LogP contribution in [0.1, 0.15) is 37.2 Å². The molecule has 0 bridgehead atoms. The van der Waals surface area contributed by atoms with Gasteiger partial charge in [-0.05, 0) is 50.6 Å². The molecule has 0 spiro atoms. The maximum atomic E-state index is 13.7. The highest BCUT2D eigenvalue weighted by atomic mass is 19.4. The topological polar surface area (TPSA) is 75.5 Å². The normalized spacial score (nSPS) is 20.8. The van der Waals surface area contributed by atoms with Crippen LogP contribution in [-0.2, 0) is 17.5 Å².